The topological polar surface area (TPSA) is 125 Å². The van der Waals surface area contributed by atoms with E-state index in [0.29, 0.717) is 6.61 Å². The summed E-state index contributed by atoms with van der Waals surface area (Å²) in [5.74, 6) is 0. The molecule has 3 aliphatic heterocycles. The summed E-state index contributed by atoms with van der Waals surface area (Å²) in [4.78, 5) is 21.3. The van der Waals surface area contributed by atoms with Crippen LogP contribution in [-0.2, 0) is 32.5 Å². The number of hydrogen-bond donors (Lipinski definition) is 3. The summed E-state index contributed by atoms with van der Waals surface area (Å²) in [6, 6.07) is -0.873. The Bertz CT molecular complexity index is 513. The average molecular weight is 396 g/mol. The first kappa shape index (κ1) is 20.9. The first-order valence-electron chi connectivity index (χ1n) is 8.81. The summed E-state index contributed by atoms with van der Waals surface area (Å²) in [5, 5.41) is 10.1. The van der Waals surface area contributed by atoms with E-state index in [1.54, 1.807) is 22.6 Å². The Labute approximate surface area is 154 Å². The van der Waals surface area contributed by atoms with Gasteiger partial charge in [0, 0.05) is 0 Å². The molecule has 2 unspecified atom stereocenters. The van der Waals surface area contributed by atoms with Crippen LogP contribution in [0.5, 0.6) is 0 Å². The molecule has 0 spiro atoms. The van der Waals surface area contributed by atoms with Gasteiger partial charge in [0.2, 0.25) is 0 Å². The van der Waals surface area contributed by atoms with Crippen LogP contribution in [0.4, 0.5) is 0 Å². The van der Waals surface area contributed by atoms with Gasteiger partial charge in [-0.1, -0.05) is 0 Å². The van der Waals surface area contributed by atoms with Gasteiger partial charge in [0.1, 0.15) is 0 Å². The fraction of sp³-hybridized carbons (Fsp3) is 1.00. The normalized spacial score (nSPS) is 48.1. The second-order valence-corrected chi connectivity index (χ2v) is 9.15. The summed E-state index contributed by atoms with van der Waals surface area (Å²) < 4.78 is 38.0. The molecule has 0 aromatic heterocycles. The van der Waals surface area contributed by atoms with E-state index in [4.69, 9.17) is 32.5 Å². The molecule has 3 heterocycles. The minimum atomic E-state index is -5.30. The van der Waals surface area contributed by atoms with E-state index in [1.807, 2.05) is 0 Å². The number of aliphatic hydroxyl groups excluding tert-OH is 1. The molecule has 0 amide bonds. The fourth-order valence-electron chi connectivity index (χ4n) is 3.64. The van der Waals surface area contributed by atoms with E-state index in [0.717, 1.165) is 0 Å². The van der Waals surface area contributed by atoms with Gasteiger partial charge >= 0.3 is 153 Å². The molecule has 150 valence electrons. The molecule has 0 saturated carbocycles. The summed E-state index contributed by atoms with van der Waals surface area (Å²) >= 11 is 0. The van der Waals surface area contributed by atoms with E-state index < -0.39 is 56.4 Å². The van der Waals surface area contributed by atoms with Crippen LogP contribution in [-0.4, -0.2) is 106 Å². The summed E-state index contributed by atoms with van der Waals surface area (Å²) in [7, 11) is -0.321. The molecule has 0 bridgehead atoms. The van der Waals surface area contributed by atoms with E-state index >= 15 is 0 Å². The predicted molar refractivity (Wildman–Crippen MR) is 94.8 cm³/mol. The third kappa shape index (κ3) is 3.97. The number of hydrogen-bond acceptors (Lipinski definition) is 10. The zero-order valence-electron chi connectivity index (χ0n) is 15.4. The third-order valence-electron chi connectivity index (χ3n) is 4.87. The SMILES string of the molecule is B[C@@H]1O[C@H](COP2(O)(O)OC3[C@H](B)O[C@H](COC)[C@@H]3O2)[C@H](OCC)C1O. The molecule has 0 aromatic carbocycles. The number of ether oxygens (including phenoxy) is 4. The summed E-state index contributed by atoms with van der Waals surface area (Å²) in [6.07, 6.45) is -4.05. The Morgan fingerprint density at radius 2 is 1.65 bits per heavy atom. The van der Waals surface area contributed by atoms with E-state index in [2.05, 4.69) is 0 Å². The van der Waals surface area contributed by atoms with Gasteiger partial charge in [-0.25, -0.2) is 0 Å². The van der Waals surface area contributed by atoms with Crippen LogP contribution in [0.1, 0.15) is 6.92 Å². The molecule has 3 N–H and O–H groups in total. The summed E-state index contributed by atoms with van der Waals surface area (Å²) in [6.45, 7) is 2.13. The van der Waals surface area contributed by atoms with Crippen molar-refractivity contribution in [3.8, 4) is 0 Å². The van der Waals surface area contributed by atoms with Gasteiger partial charge in [-0.3, -0.25) is 0 Å². The van der Waals surface area contributed by atoms with Gasteiger partial charge in [0.05, 0.1) is 0 Å². The van der Waals surface area contributed by atoms with Crippen molar-refractivity contribution in [2.45, 2.75) is 55.6 Å². The number of methoxy groups -OCH3 is 1. The Hall–Kier alpha value is 0.160. The second-order valence-electron chi connectivity index (χ2n) is 6.86. The molecule has 3 fully saturated rings. The van der Waals surface area contributed by atoms with Crippen molar-refractivity contribution in [1.29, 1.82) is 0 Å². The van der Waals surface area contributed by atoms with Crippen molar-refractivity contribution in [2.24, 2.45) is 0 Å². The molecular weight excluding hydrogens is 369 g/mol. The van der Waals surface area contributed by atoms with Crippen LogP contribution in [0, 0.1) is 0 Å². The van der Waals surface area contributed by atoms with Gasteiger partial charge < -0.3 is 0 Å². The van der Waals surface area contributed by atoms with Crippen molar-refractivity contribution >= 4 is 23.4 Å². The molecule has 0 aliphatic carbocycles. The third-order valence-corrected chi connectivity index (χ3v) is 6.67. The second kappa shape index (κ2) is 7.53. The van der Waals surface area contributed by atoms with Gasteiger partial charge in [0.15, 0.2) is 0 Å². The Morgan fingerprint density at radius 1 is 1.00 bits per heavy atom. The molecule has 3 rings (SSSR count). The Kier molecular flexibility index (Phi) is 6.05. The van der Waals surface area contributed by atoms with Gasteiger partial charge in [0.25, 0.3) is 0 Å². The van der Waals surface area contributed by atoms with Crippen LogP contribution in [0.15, 0.2) is 0 Å². The van der Waals surface area contributed by atoms with Crippen molar-refractivity contribution < 1.29 is 47.4 Å². The quantitative estimate of drug-likeness (QED) is 0.304. The molecule has 3 saturated heterocycles. The Morgan fingerprint density at radius 3 is 2.31 bits per heavy atom. The molecular formula is C13H27B2O10P. The maximum absolute atomic E-state index is 10.6. The van der Waals surface area contributed by atoms with E-state index in [9.17, 15) is 14.9 Å². The van der Waals surface area contributed by atoms with Crippen molar-refractivity contribution in [1.82, 2.24) is 0 Å². The molecule has 3 aliphatic rings. The van der Waals surface area contributed by atoms with Crippen LogP contribution >= 0.6 is 7.74 Å². The molecule has 13 heteroatoms. The van der Waals surface area contributed by atoms with Crippen LogP contribution in [0.2, 0.25) is 0 Å². The number of rotatable bonds is 7. The van der Waals surface area contributed by atoms with Crippen molar-refractivity contribution in [3.63, 3.8) is 0 Å². The van der Waals surface area contributed by atoms with Crippen molar-refractivity contribution in [2.75, 3.05) is 26.9 Å². The van der Waals surface area contributed by atoms with Crippen LogP contribution in [0.3, 0.4) is 0 Å². The monoisotopic (exact) mass is 396 g/mol. The molecule has 10 nitrogen and oxygen atoms in total. The molecule has 0 aromatic rings. The van der Waals surface area contributed by atoms with Crippen LogP contribution < -0.4 is 0 Å². The predicted octanol–water partition coefficient (Wildman–Crippen LogP) is -2.97. The standard InChI is InChI=1S/C13H27B2O10P/c1-3-20-9-7(22-12(14)8(9)16)5-21-26(17,18)24-10-6(4-19-2)23-13(15)11(10)25-26/h6-13,16-18H,3-5,14-15H2,1-2H3/t6-,7-,8?,9+,10+,11?,12-,13-/m1/s1. The number of fused-ring (bicyclic) bond motifs is 1. The fourth-order valence-corrected chi connectivity index (χ4v) is 5.59. The zero-order valence-corrected chi connectivity index (χ0v) is 16.3. The molecule has 8 atom stereocenters. The average Bonchev–Trinajstić information content (AvgIpc) is 3.12. The molecule has 0 radical (unpaired) electrons. The van der Waals surface area contributed by atoms with Crippen molar-refractivity contribution in [3.05, 3.63) is 0 Å². The zero-order chi connectivity index (χ0) is 19.1. The Balaban J connectivity index is 1.65. The van der Waals surface area contributed by atoms with E-state index in [1.165, 1.54) is 7.11 Å². The van der Waals surface area contributed by atoms with Gasteiger partial charge in [-0.05, 0) is 0 Å². The van der Waals surface area contributed by atoms with Gasteiger partial charge in [-0.15, -0.1) is 0 Å². The first-order chi connectivity index (χ1) is 12.2. The molecule has 26 heavy (non-hydrogen) atoms. The van der Waals surface area contributed by atoms with E-state index in [-0.39, 0.29) is 13.2 Å². The first-order valence-corrected chi connectivity index (χ1v) is 10.7. The van der Waals surface area contributed by atoms with Gasteiger partial charge in [-0.2, -0.15) is 0 Å². The van der Waals surface area contributed by atoms with Crippen LogP contribution in [0.25, 0.3) is 0 Å². The maximum atomic E-state index is 10.6. The number of aliphatic hydroxyl groups is 1. The minimum absolute atomic E-state index is 0.225. The summed E-state index contributed by atoms with van der Waals surface area (Å²) in [5.41, 5.74) is 0.